The van der Waals surface area contributed by atoms with E-state index < -0.39 is 9.84 Å². The third-order valence-electron chi connectivity index (χ3n) is 2.83. The number of pyridine rings is 1. The van der Waals surface area contributed by atoms with E-state index >= 15 is 0 Å². The average molecular weight is 311 g/mol. The van der Waals surface area contributed by atoms with Crippen molar-refractivity contribution < 1.29 is 8.42 Å². The monoisotopic (exact) mass is 310 g/mol. The molecule has 1 aromatic heterocycles. The van der Waals surface area contributed by atoms with Crippen LogP contribution in [0, 0.1) is 0 Å². The van der Waals surface area contributed by atoms with Gasteiger partial charge < -0.3 is 5.32 Å². The van der Waals surface area contributed by atoms with Crippen molar-refractivity contribution in [1.82, 2.24) is 10.3 Å². The lowest BCUT2D eigenvalue weighted by molar-refractivity contribution is 0.598. The average Bonchev–Trinajstić information content (AvgIpc) is 2.40. The number of nitrogens with zero attached hydrogens (tertiary/aromatic N) is 1. The number of sulfone groups is 1. The van der Waals surface area contributed by atoms with E-state index in [1.54, 1.807) is 30.6 Å². The van der Waals surface area contributed by atoms with Crippen LogP contribution in [-0.2, 0) is 22.9 Å². The van der Waals surface area contributed by atoms with Gasteiger partial charge in [-0.3, -0.25) is 4.98 Å². The highest BCUT2D eigenvalue weighted by molar-refractivity contribution is 7.90. The summed E-state index contributed by atoms with van der Waals surface area (Å²) in [5.74, 6) is 0. The summed E-state index contributed by atoms with van der Waals surface area (Å²) in [7, 11) is -3.29. The minimum atomic E-state index is -3.29. The second-order valence-corrected chi connectivity index (χ2v) is 6.84. The molecule has 1 N–H and O–H groups in total. The smallest absolute Gasteiger partial charge is 0.175 e. The molecule has 2 aromatic rings. The zero-order valence-electron chi connectivity index (χ0n) is 11.0. The van der Waals surface area contributed by atoms with Gasteiger partial charge in [-0.25, -0.2) is 8.42 Å². The van der Waals surface area contributed by atoms with Gasteiger partial charge in [0.25, 0.3) is 0 Å². The van der Waals surface area contributed by atoms with Crippen LogP contribution in [0.15, 0.2) is 47.6 Å². The van der Waals surface area contributed by atoms with Crippen LogP contribution in [0.25, 0.3) is 0 Å². The molecule has 6 heteroatoms. The van der Waals surface area contributed by atoms with E-state index in [2.05, 4.69) is 10.3 Å². The summed E-state index contributed by atoms with van der Waals surface area (Å²) < 4.78 is 23.5. The van der Waals surface area contributed by atoms with Crippen molar-refractivity contribution in [3.63, 3.8) is 0 Å². The molecule has 0 unspecified atom stereocenters. The van der Waals surface area contributed by atoms with E-state index in [-0.39, 0.29) is 4.90 Å². The van der Waals surface area contributed by atoms with Crippen molar-refractivity contribution in [2.45, 2.75) is 18.0 Å². The van der Waals surface area contributed by atoms with Crippen LogP contribution in [-0.4, -0.2) is 19.7 Å². The zero-order valence-corrected chi connectivity index (χ0v) is 12.6. The van der Waals surface area contributed by atoms with Crippen LogP contribution in [0.2, 0.25) is 5.02 Å². The number of benzene rings is 1. The Hall–Kier alpha value is -1.43. The predicted octanol–water partition coefficient (Wildman–Crippen LogP) is 2.43. The molecule has 0 saturated heterocycles. The van der Waals surface area contributed by atoms with Crippen LogP contribution in [0.1, 0.15) is 11.1 Å². The van der Waals surface area contributed by atoms with Gasteiger partial charge >= 0.3 is 0 Å². The van der Waals surface area contributed by atoms with Crippen molar-refractivity contribution in [3.05, 3.63) is 58.9 Å². The lowest BCUT2D eigenvalue weighted by Crippen LogP contribution is -2.15. The van der Waals surface area contributed by atoms with Gasteiger partial charge in [0.15, 0.2) is 9.84 Å². The van der Waals surface area contributed by atoms with Crippen molar-refractivity contribution in [1.29, 1.82) is 0 Å². The molecule has 20 heavy (non-hydrogen) atoms. The maximum Gasteiger partial charge on any atom is 0.175 e. The van der Waals surface area contributed by atoms with Crippen molar-refractivity contribution in [2.24, 2.45) is 0 Å². The fraction of sp³-hybridized carbons (Fsp3) is 0.214. The van der Waals surface area contributed by atoms with Gasteiger partial charge in [-0.15, -0.1) is 0 Å². The highest BCUT2D eigenvalue weighted by atomic mass is 35.5. The molecule has 0 saturated carbocycles. The Balaban J connectivity index is 2.14. The molecule has 0 aliphatic rings. The Morgan fingerprint density at radius 2 is 2.00 bits per heavy atom. The van der Waals surface area contributed by atoms with Gasteiger partial charge in [0.1, 0.15) is 0 Å². The van der Waals surface area contributed by atoms with Crippen molar-refractivity contribution >= 4 is 21.4 Å². The minimum absolute atomic E-state index is 0.267. The fourth-order valence-electron chi connectivity index (χ4n) is 1.89. The number of hydrogen-bond acceptors (Lipinski definition) is 4. The lowest BCUT2D eigenvalue weighted by Gasteiger charge is -2.11. The summed E-state index contributed by atoms with van der Waals surface area (Å²) in [6.45, 7) is 0.985. The van der Waals surface area contributed by atoms with Gasteiger partial charge in [0, 0.05) is 42.3 Å². The maximum absolute atomic E-state index is 11.7. The van der Waals surface area contributed by atoms with Gasteiger partial charge in [0.2, 0.25) is 0 Å². The molecule has 0 spiro atoms. The minimum Gasteiger partial charge on any atom is -0.308 e. The quantitative estimate of drug-likeness (QED) is 0.921. The molecule has 2 rings (SSSR count). The zero-order chi connectivity index (χ0) is 14.6. The standard InChI is InChI=1S/C14H15ClN2O2S/c1-20(18,19)14-6-2-5-13(15)12(14)10-17-9-11-4-3-7-16-8-11/h2-8,17H,9-10H2,1H3. The van der Waals surface area contributed by atoms with E-state index in [0.29, 0.717) is 23.7 Å². The molecule has 0 aliphatic heterocycles. The number of rotatable bonds is 5. The van der Waals surface area contributed by atoms with E-state index in [1.807, 2.05) is 12.1 Å². The van der Waals surface area contributed by atoms with Crippen LogP contribution in [0.3, 0.4) is 0 Å². The first-order valence-electron chi connectivity index (χ1n) is 6.05. The van der Waals surface area contributed by atoms with Crippen molar-refractivity contribution in [3.8, 4) is 0 Å². The first kappa shape index (κ1) is 15.0. The number of hydrogen-bond donors (Lipinski definition) is 1. The van der Waals surface area contributed by atoms with E-state index in [1.165, 1.54) is 6.26 Å². The fourth-order valence-corrected chi connectivity index (χ4v) is 3.15. The second-order valence-electron chi connectivity index (χ2n) is 4.45. The Labute approximate surface area is 123 Å². The molecule has 106 valence electrons. The third kappa shape index (κ3) is 3.79. The first-order valence-corrected chi connectivity index (χ1v) is 8.32. The van der Waals surface area contributed by atoms with Crippen LogP contribution >= 0.6 is 11.6 Å². The number of nitrogens with one attached hydrogen (secondary N) is 1. The molecule has 1 heterocycles. The van der Waals surface area contributed by atoms with Crippen LogP contribution in [0.5, 0.6) is 0 Å². The Morgan fingerprint density at radius 1 is 1.20 bits per heavy atom. The molecular formula is C14H15ClN2O2S. The van der Waals surface area contributed by atoms with E-state index in [4.69, 9.17) is 11.6 Å². The predicted molar refractivity (Wildman–Crippen MR) is 79.3 cm³/mol. The highest BCUT2D eigenvalue weighted by Crippen LogP contribution is 2.23. The Morgan fingerprint density at radius 3 is 2.65 bits per heavy atom. The molecule has 0 aliphatic carbocycles. The summed E-state index contributed by atoms with van der Waals surface area (Å²) in [6.07, 6.45) is 4.65. The second kappa shape index (κ2) is 6.35. The largest absolute Gasteiger partial charge is 0.308 e. The SMILES string of the molecule is CS(=O)(=O)c1cccc(Cl)c1CNCc1cccnc1. The van der Waals surface area contributed by atoms with Crippen molar-refractivity contribution in [2.75, 3.05) is 6.26 Å². The normalized spacial score (nSPS) is 11.5. The summed E-state index contributed by atoms with van der Waals surface area (Å²) in [5.41, 5.74) is 1.63. The highest BCUT2D eigenvalue weighted by Gasteiger charge is 2.15. The summed E-state index contributed by atoms with van der Waals surface area (Å²) >= 11 is 6.10. The molecular weight excluding hydrogens is 296 g/mol. The first-order chi connectivity index (χ1) is 9.48. The molecule has 0 fully saturated rings. The molecule has 0 radical (unpaired) electrons. The van der Waals surface area contributed by atoms with Gasteiger partial charge in [-0.1, -0.05) is 23.7 Å². The van der Waals surface area contributed by atoms with Crippen LogP contribution in [0.4, 0.5) is 0 Å². The Kier molecular flexibility index (Phi) is 4.75. The lowest BCUT2D eigenvalue weighted by atomic mass is 10.2. The topological polar surface area (TPSA) is 59.1 Å². The summed E-state index contributed by atoms with van der Waals surface area (Å²) in [6, 6.07) is 8.71. The maximum atomic E-state index is 11.7. The van der Waals surface area contributed by atoms with Gasteiger partial charge in [0.05, 0.1) is 4.90 Å². The molecule has 0 amide bonds. The number of halogens is 1. The third-order valence-corrected chi connectivity index (χ3v) is 4.36. The number of aromatic nitrogens is 1. The van der Waals surface area contributed by atoms with E-state index in [9.17, 15) is 8.42 Å². The van der Waals surface area contributed by atoms with Crippen LogP contribution < -0.4 is 5.32 Å². The summed E-state index contributed by atoms with van der Waals surface area (Å²) in [5, 5.41) is 3.63. The van der Waals surface area contributed by atoms with Gasteiger partial charge in [-0.05, 0) is 23.8 Å². The molecule has 4 nitrogen and oxygen atoms in total. The molecule has 0 bridgehead atoms. The van der Waals surface area contributed by atoms with Gasteiger partial charge in [-0.2, -0.15) is 0 Å². The molecule has 1 aromatic carbocycles. The Bertz CT molecular complexity index is 688. The summed E-state index contributed by atoms with van der Waals surface area (Å²) in [4.78, 5) is 4.29. The van der Waals surface area contributed by atoms with E-state index in [0.717, 1.165) is 5.56 Å². The molecule has 0 atom stereocenters.